The van der Waals surface area contributed by atoms with E-state index in [0.717, 1.165) is 12.1 Å². The number of ether oxygens (including phenoxy) is 1. The monoisotopic (exact) mass is 390 g/mol. The number of nitro groups is 1. The van der Waals surface area contributed by atoms with Crippen molar-refractivity contribution in [3.63, 3.8) is 0 Å². The van der Waals surface area contributed by atoms with Gasteiger partial charge < -0.3 is 9.64 Å². The van der Waals surface area contributed by atoms with E-state index >= 15 is 0 Å². The van der Waals surface area contributed by atoms with E-state index in [-0.39, 0.29) is 22.1 Å². The summed E-state index contributed by atoms with van der Waals surface area (Å²) < 4.78 is 27.7. The maximum absolute atomic E-state index is 12.1. The van der Waals surface area contributed by atoms with Crippen molar-refractivity contribution in [1.29, 1.82) is 0 Å². The molecule has 1 unspecified atom stereocenters. The van der Waals surface area contributed by atoms with E-state index in [4.69, 9.17) is 16.3 Å². The number of rotatable bonds is 5. The fourth-order valence-corrected chi connectivity index (χ4v) is 4.37. The number of nitrogens with zero attached hydrogens (tertiary/aromatic N) is 2. The number of halogens is 1. The molecule has 0 radical (unpaired) electrons. The molecule has 1 aromatic rings. The summed E-state index contributed by atoms with van der Waals surface area (Å²) in [5, 5.41) is 11.0. The number of amides is 1. The number of likely N-dealkylation sites (N-methyl/N-ethyl adjacent to an activating group) is 1. The van der Waals surface area contributed by atoms with Crippen LogP contribution in [0.25, 0.3) is 0 Å². The Morgan fingerprint density at radius 1 is 1.44 bits per heavy atom. The van der Waals surface area contributed by atoms with Gasteiger partial charge in [-0.2, -0.15) is 0 Å². The minimum Gasteiger partial charge on any atom is -0.452 e. The highest BCUT2D eigenvalue weighted by molar-refractivity contribution is 7.91. The second kappa shape index (κ2) is 7.36. The molecule has 0 spiro atoms. The molecule has 1 aromatic carbocycles. The summed E-state index contributed by atoms with van der Waals surface area (Å²) in [6.45, 7) is -0.657. The zero-order chi connectivity index (χ0) is 18.8. The van der Waals surface area contributed by atoms with Crippen molar-refractivity contribution in [3.8, 4) is 0 Å². The highest BCUT2D eigenvalue weighted by Crippen LogP contribution is 2.23. The average molecular weight is 391 g/mol. The molecule has 2 rings (SSSR count). The van der Waals surface area contributed by atoms with Gasteiger partial charge >= 0.3 is 5.97 Å². The highest BCUT2D eigenvalue weighted by Gasteiger charge is 2.33. The third-order valence-corrected chi connectivity index (χ3v) is 5.84. The van der Waals surface area contributed by atoms with Crippen LogP contribution in [0.15, 0.2) is 18.2 Å². The molecule has 0 aromatic heterocycles. The van der Waals surface area contributed by atoms with Crippen molar-refractivity contribution in [2.24, 2.45) is 0 Å². The first-order valence-corrected chi connectivity index (χ1v) is 9.38. The lowest BCUT2D eigenvalue weighted by atomic mass is 10.2. The number of nitro benzene ring substituents is 1. The van der Waals surface area contributed by atoms with E-state index in [1.54, 1.807) is 0 Å². The van der Waals surface area contributed by atoms with E-state index < -0.39 is 45.0 Å². The number of hydrogen-bond acceptors (Lipinski definition) is 7. The first-order chi connectivity index (χ1) is 11.6. The molecular formula is C14H15ClN2O7S. The van der Waals surface area contributed by atoms with Crippen molar-refractivity contribution < 1.29 is 27.7 Å². The fraction of sp³-hybridized carbons (Fsp3) is 0.429. The molecule has 25 heavy (non-hydrogen) atoms. The number of carbonyl (C=O) groups is 2. The third kappa shape index (κ3) is 4.67. The highest BCUT2D eigenvalue weighted by atomic mass is 35.5. The molecule has 1 aliphatic heterocycles. The first kappa shape index (κ1) is 19.1. The molecule has 1 aliphatic rings. The molecule has 1 amide bonds. The summed E-state index contributed by atoms with van der Waals surface area (Å²) in [4.78, 5) is 35.5. The molecule has 1 atom stereocenters. The van der Waals surface area contributed by atoms with Crippen LogP contribution >= 0.6 is 11.6 Å². The van der Waals surface area contributed by atoms with Gasteiger partial charge in [0.25, 0.3) is 11.6 Å². The molecular weight excluding hydrogens is 376 g/mol. The zero-order valence-corrected chi connectivity index (χ0v) is 14.7. The summed E-state index contributed by atoms with van der Waals surface area (Å²) in [6.07, 6.45) is 0.318. The Morgan fingerprint density at radius 3 is 2.68 bits per heavy atom. The summed E-state index contributed by atoms with van der Waals surface area (Å²) in [6, 6.07) is 2.93. The van der Waals surface area contributed by atoms with Crippen molar-refractivity contribution in [3.05, 3.63) is 38.9 Å². The predicted octanol–water partition coefficient (Wildman–Crippen LogP) is 1.05. The van der Waals surface area contributed by atoms with Crippen LogP contribution in [0.5, 0.6) is 0 Å². The van der Waals surface area contributed by atoms with Gasteiger partial charge in [0.1, 0.15) is 5.56 Å². The van der Waals surface area contributed by atoms with Crippen molar-refractivity contribution in [2.45, 2.75) is 12.5 Å². The van der Waals surface area contributed by atoms with Crippen LogP contribution in [0, 0.1) is 10.1 Å². The van der Waals surface area contributed by atoms with Crippen LogP contribution in [0.2, 0.25) is 5.02 Å². The molecule has 0 bridgehead atoms. The molecule has 1 saturated heterocycles. The van der Waals surface area contributed by atoms with E-state index in [0.29, 0.717) is 6.42 Å². The van der Waals surface area contributed by atoms with E-state index in [2.05, 4.69) is 0 Å². The molecule has 1 fully saturated rings. The van der Waals surface area contributed by atoms with Crippen LogP contribution in [-0.4, -0.2) is 61.3 Å². The van der Waals surface area contributed by atoms with Gasteiger partial charge in [-0.05, 0) is 18.6 Å². The summed E-state index contributed by atoms with van der Waals surface area (Å²) in [5.74, 6) is -1.79. The normalized spacial score (nSPS) is 18.6. The van der Waals surface area contributed by atoms with Crippen molar-refractivity contribution >= 4 is 39.0 Å². The Bertz CT molecular complexity index is 824. The van der Waals surface area contributed by atoms with E-state index in [1.165, 1.54) is 18.0 Å². The number of carbonyl (C=O) groups excluding carboxylic acids is 2. The van der Waals surface area contributed by atoms with Gasteiger partial charge in [0, 0.05) is 24.2 Å². The number of sulfone groups is 1. The molecule has 0 aliphatic carbocycles. The maximum Gasteiger partial charge on any atom is 0.345 e. The molecule has 0 saturated carbocycles. The minimum atomic E-state index is -3.16. The third-order valence-electron chi connectivity index (χ3n) is 3.85. The van der Waals surface area contributed by atoms with Gasteiger partial charge in [0.05, 0.1) is 16.4 Å². The van der Waals surface area contributed by atoms with E-state index in [9.17, 15) is 28.1 Å². The van der Waals surface area contributed by atoms with Gasteiger partial charge in [-0.25, -0.2) is 13.2 Å². The Hall–Kier alpha value is -2.20. The Labute approximate surface area is 148 Å². The molecule has 136 valence electrons. The molecule has 11 heteroatoms. The summed E-state index contributed by atoms with van der Waals surface area (Å²) >= 11 is 5.73. The number of hydrogen-bond donors (Lipinski definition) is 0. The largest absolute Gasteiger partial charge is 0.452 e. The quantitative estimate of drug-likeness (QED) is 0.418. The maximum atomic E-state index is 12.1. The van der Waals surface area contributed by atoms with Gasteiger partial charge in [0.2, 0.25) is 0 Å². The molecule has 1 heterocycles. The predicted molar refractivity (Wildman–Crippen MR) is 88.2 cm³/mol. The smallest absolute Gasteiger partial charge is 0.345 e. The second-order valence-electron chi connectivity index (χ2n) is 5.56. The van der Waals surface area contributed by atoms with Crippen LogP contribution in [-0.2, 0) is 19.4 Å². The van der Waals surface area contributed by atoms with Crippen LogP contribution in [0.4, 0.5) is 5.69 Å². The van der Waals surface area contributed by atoms with Crippen LogP contribution in [0.3, 0.4) is 0 Å². The van der Waals surface area contributed by atoms with Gasteiger partial charge in [-0.15, -0.1) is 0 Å². The minimum absolute atomic E-state index is 0.00375. The van der Waals surface area contributed by atoms with Gasteiger partial charge in [-0.3, -0.25) is 14.9 Å². The first-order valence-electron chi connectivity index (χ1n) is 7.18. The lowest BCUT2D eigenvalue weighted by Crippen LogP contribution is -2.40. The van der Waals surface area contributed by atoms with Gasteiger partial charge in [0.15, 0.2) is 16.4 Å². The Balaban J connectivity index is 2.01. The topological polar surface area (TPSA) is 124 Å². The number of benzene rings is 1. The Kier molecular flexibility index (Phi) is 5.63. The lowest BCUT2D eigenvalue weighted by molar-refractivity contribution is -0.385. The lowest BCUT2D eigenvalue weighted by Gasteiger charge is -2.23. The van der Waals surface area contributed by atoms with Crippen molar-refractivity contribution in [1.82, 2.24) is 4.90 Å². The SMILES string of the molecule is CN(C(=O)COC(=O)c1cc(Cl)ccc1[N+](=O)[O-])C1CCS(=O)(=O)C1. The average Bonchev–Trinajstić information content (AvgIpc) is 2.91. The summed E-state index contributed by atoms with van der Waals surface area (Å²) in [5.41, 5.74) is -0.853. The molecule has 0 N–H and O–H groups in total. The van der Waals surface area contributed by atoms with Crippen LogP contribution in [0.1, 0.15) is 16.8 Å². The van der Waals surface area contributed by atoms with Gasteiger partial charge in [-0.1, -0.05) is 11.6 Å². The summed E-state index contributed by atoms with van der Waals surface area (Å²) in [7, 11) is -1.74. The fourth-order valence-electron chi connectivity index (χ4n) is 2.42. The van der Waals surface area contributed by atoms with E-state index in [1.807, 2.05) is 0 Å². The Morgan fingerprint density at radius 2 is 2.12 bits per heavy atom. The second-order valence-corrected chi connectivity index (χ2v) is 8.22. The molecule has 9 nitrogen and oxygen atoms in total. The van der Waals surface area contributed by atoms with Crippen molar-refractivity contribution in [2.75, 3.05) is 25.2 Å². The standard InChI is InChI=1S/C14H15ClN2O7S/c1-16(10-4-5-25(22,23)8-10)13(18)7-24-14(19)11-6-9(15)2-3-12(11)17(20)21/h2-3,6,10H,4-5,7-8H2,1H3. The number of esters is 1. The van der Waals surface area contributed by atoms with Crippen LogP contribution < -0.4 is 0 Å². The zero-order valence-electron chi connectivity index (χ0n) is 13.2.